The minimum Gasteiger partial charge on any atom is -0.383 e. The van der Waals surface area contributed by atoms with Gasteiger partial charge in [0.2, 0.25) is 5.95 Å². The van der Waals surface area contributed by atoms with Crippen LogP contribution in [-0.4, -0.2) is 53.2 Å². The Morgan fingerprint density at radius 1 is 1.09 bits per heavy atom. The number of nitriles is 1. The molecule has 0 saturated carbocycles. The molecule has 0 unspecified atom stereocenters. The second-order valence-corrected chi connectivity index (χ2v) is 8.48. The Morgan fingerprint density at radius 3 is 2.76 bits per heavy atom. The maximum atomic E-state index is 9.67. The molecule has 1 N–H and O–H groups in total. The molecule has 168 valence electrons. The Labute approximate surface area is 193 Å². The minimum atomic E-state index is 0.517. The van der Waals surface area contributed by atoms with Crippen LogP contribution in [0.4, 0.5) is 17.5 Å². The van der Waals surface area contributed by atoms with E-state index < -0.39 is 0 Å². The maximum Gasteiger partial charge on any atom is 0.227 e. The zero-order chi connectivity index (χ0) is 22.6. The second-order valence-electron chi connectivity index (χ2n) is 8.48. The molecule has 0 aliphatic carbocycles. The fourth-order valence-electron chi connectivity index (χ4n) is 4.49. The molecule has 1 fully saturated rings. The van der Waals surface area contributed by atoms with E-state index in [4.69, 9.17) is 4.74 Å². The normalized spacial score (nSPS) is 15.5. The largest absolute Gasteiger partial charge is 0.383 e. The number of hydrogen-bond acceptors (Lipinski definition) is 8. The van der Waals surface area contributed by atoms with Gasteiger partial charge in [0.15, 0.2) is 0 Å². The summed E-state index contributed by atoms with van der Waals surface area (Å²) in [6.07, 6.45) is 5.81. The predicted octanol–water partition coefficient (Wildman–Crippen LogP) is 3.72. The Hall–Kier alpha value is -3.54. The summed E-state index contributed by atoms with van der Waals surface area (Å²) in [5, 5.41) is 13.0. The molecule has 0 amide bonds. The lowest BCUT2D eigenvalue weighted by atomic mass is 10.1. The van der Waals surface area contributed by atoms with Gasteiger partial charge in [-0.2, -0.15) is 5.26 Å². The number of fused-ring (bicyclic) bond motifs is 1. The summed E-state index contributed by atoms with van der Waals surface area (Å²) in [6, 6.07) is 12.4. The third-order valence-electron chi connectivity index (χ3n) is 6.21. The van der Waals surface area contributed by atoms with Crippen LogP contribution in [0.5, 0.6) is 0 Å². The highest BCUT2D eigenvalue weighted by Gasteiger charge is 2.20. The van der Waals surface area contributed by atoms with Gasteiger partial charge in [0.1, 0.15) is 11.9 Å². The highest BCUT2D eigenvalue weighted by molar-refractivity contribution is 5.67. The first-order valence-corrected chi connectivity index (χ1v) is 11.3. The van der Waals surface area contributed by atoms with Crippen molar-refractivity contribution in [2.75, 3.05) is 43.6 Å². The summed E-state index contributed by atoms with van der Waals surface area (Å²) >= 11 is 0. The molecule has 1 saturated heterocycles. The zero-order valence-electron chi connectivity index (χ0n) is 18.8. The van der Waals surface area contributed by atoms with Gasteiger partial charge in [0, 0.05) is 63.5 Å². The van der Waals surface area contributed by atoms with Crippen molar-refractivity contribution >= 4 is 17.5 Å². The van der Waals surface area contributed by atoms with Crippen molar-refractivity contribution in [2.45, 2.75) is 25.9 Å². The Morgan fingerprint density at radius 2 is 1.94 bits per heavy atom. The molecule has 0 radical (unpaired) electrons. The molecule has 2 aromatic heterocycles. The topological polar surface area (TPSA) is 90.2 Å². The molecule has 5 rings (SSSR count). The highest BCUT2D eigenvalue weighted by atomic mass is 16.5. The van der Waals surface area contributed by atoms with Crippen LogP contribution in [0.1, 0.15) is 29.5 Å². The number of rotatable bonds is 7. The number of benzene rings is 1. The predicted molar refractivity (Wildman–Crippen MR) is 127 cm³/mol. The first kappa shape index (κ1) is 21.3. The number of hydrogen-bond donors (Lipinski definition) is 1. The van der Waals surface area contributed by atoms with E-state index in [0.29, 0.717) is 11.5 Å². The average molecular weight is 442 g/mol. The molecule has 0 atom stereocenters. The van der Waals surface area contributed by atoms with Crippen LogP contribution < -0.4 is 10.2 Å². The lowest BCUT2D eigenvalue weighted by molar-refractivity contribution is 0.147. The van der Waals surface area contributed by atoms with E-state index in [0.717, 1.165) is 74.9 Å². The lowest BCUT2D eigenvalue weighted by Gasteiger charge is -2.18. The highest BCUT2D eigenvalue weighted by Crippen LogP contribution is 2.28. The van der Waals surface area contributed by atoms with Gasteiger partial charge in [0.25, 0.3) is 0 Å². The Balaban J connectivity index is 1.33. The molecule has 8 nitrogen and oxygen atoms in total. The van der Waals surface area contributed by atoms with Crippen molar-refractivity contribution in [1.82, 2.24) is 19.9 Å². The van der Waals surface area contributed by atoms with Crippen LogP contribution in [-0.2, 0) is 17.8 Å². The molecule has 0 spiro atoms. The van der Waals surface area contributed by atoms with E-state index >= 15 is 0 Å². The van der Waals surface area contributed by atoms with Crippen molar-refractivity contribution in [3.05, 3.63) is 59.4 Å². The Bertz CT molecular complexity index is 1180. The molecule has 8 heteroatoms. The van der Waals surface area contributed by atoms with E-state index in [1.807, 2.05) is 12.1 Å². The van der Waals surface area contributed by atoms with Gasteiger partial charge in [0.05, 0.1) is 17.9 Å². The first-order chi connectivity index (χ1) is 16.2. The van der Waals surface area contributed by atoms with E-state index in [9.17, 15) is 5.26 Å². The van der Waals surface area contributed by atoms with Gasteiger partial charge < -0.3 is 15.0 Å². The summed E-state index contributed by atoms with van der Waals surface area (Å²) in [4.78, 5) is 18.2. The third kappa shape index (κ3) is 4.65. The molecule has 2 aliphatic heterocycles. The number of ether oxygens (including phenoxy) is 1. The van der Waals surface area contributed by atoms with Crippen LogP contribution in [0.25, 0.3) is 11.3 Å². The molecule has 33 heavy (non-hydrogen) atoms. The summed E-state index contributed by atoms with van der Waals surface area (Å²) in [5.41, 5.74) is 5.74. The van der Waals surface area contributed by atoms with Gasteiger partial charge in [-0.25, -0.2) is 15.0 Å². The van der Waals surface area contributed by atoms with Crippen molar-refractivity contribution < 1.29 is 4.74 Å². The van der Waals surface area contributed by atoms with E-state index in [2.05, 4.69) is 54.3 Å². The van der Waals surface area contributed by atoms with E-state index in [1.54, 1.807) is 19.5 Å². The molecular weight excluding hydrogens is 414 g/mol. The SMILES string of the molecule is COCCN1Cc2ccc(Nc3nccc(-c4cnc(N5CCCC5)c(C#N)c4)n3)cc2C1. The fraction of sp³-hybridized carbons (Fsp3) is 0.360. The molecule has 0 bridgehead atoms. The van der Waals surface area contributed by atoms with Crippen LogP contribution in [0, 0.1) is 11.3 Å². The van der Waals surface area contributed by atoms with Crippen molar-refractivity contribution in [2.24, 2.45) is 0 Å². The van der Waals surface area contributed by atoms with Gasteiger partial charge in [-0.05, 0) is 48.2 Å². The molecular formula is C25H27N7O. The van der Waals surface area contributed by atoms with Gasteiger partial charge in [-0.1, -0.05) is 6.07 Å². The average Bonchev–Trinajstić information content (AvgIpc) is 3.52. The molecule has 4 heterocycles. The summed E-state index contributed by atoms with van der Waals surface area (Å²) in [7, 11) is 1.73. The summed E-state index contributed by atoms with van der Waals surface area (Å²) in [6.45, 7) is 5.43. The van der Waals surface area contributed by atoms with Gasteiger partial charge in [-0.3, -0.25) is 4.90 Å². The molecule has 1 aromatic carbocycles. The van der Waals surface area contributed by atoms with E-state index in [1.165, 1.54) is 11.1 Å². The lowest BCUT2D eigenvalue weighted by Crippen LogP contribution is -2.21. The van der Waals surface area contributed by atoms with Crippen molar-refractivity contribution in [3.63, 3.8) is 0 Å². The number of anilines is 3. The number of pyridine rings is 1. The Kier molecular flexibility index (Phi) is 6.15. The van der Waals surface area contributed by atoms with Crippen LogP contribution in [0.15, 0.2) is 42.7 Å². The second kappa shape index (κ2) is 9.53. The maximum absolute atomic E-state index is 9.67. The monoisotopic (exact) mass is 441 g/mol. The quantitative estimate of drug-likeness (QED) is 0.593. The minimum absolute atomic E-state index is 0.517. The smallest absolute Gasteiger partial charge is 0.227 e. The first-order valence-electron chi connectivity index (χ1n) is 11.3. The van der Waals surface area contributed by atoms with E-state index in [-0.39, 0.29) is 0 Å². The van der Waals surface area contributed by atoms with Gasteiger partial charge >= 0.3 is 0 Å². The zero-order valence-corrected chi connectivity index (χ0v) is 18.8. The number of aromatic nitrogens is 3. The summed E-state index contributed by atoms with van der Waals surface area (Å²) < 4.78 is 5.20. The van der Waals surface area contributed by atoms with Gasteiger partial charge in [-0.15, -0.1) is 0 Å². The van der Waals surface area contributed by atoms with Crippen molar-refractivity contribution in [1.29, 1.82) is 5.26 Å². The molecule has 2 aliphatic rings. The third-order valence-corrected chi connectivity index (χ3v) is 6.21. The fourth-order valence-corrected chi connectivity index (χ4v) is 4.49. The summed E-state index contributed by atoms with van der Waals surface area (Å²) in [5.74, 6) is 1.28. The number of nitrogens with zero attached hydrogens (tertiary/aromatic N) is 6. The van der Waals surface area contributed by atoms with Crippen molar-refractivity contribution in [3.8, 4) is 17.3 Å². The van der Waals surface area contributed by atoms with Crippen LogP contribution in [0.3, 0.4) is 0 Å². The molecule has 3 aromatic rings. The standard InChI is InChI=1S/C25H27N7O/c1-33-11-10-31-16-18-4-5-22(13-21(18)17-31)29-25-27-7-6-23(30-25)20-12-19(14-26)24(28-15-20)32-8-2-3-9-32/h4-7,12-13,15H,2-3,8-11,16-17H2,1H3,(H,27,29,30). The van der Waals surface area contributed by atoms with Crippen LogP contribution in [0.2, 0.25) is 0 Å². The number of nitrogens with one attached hydrogen (secondary N) is 1. The van der Waals surface area contributed by atoms with Crippen LogP contribution >= 0.6 is 0 Å². The number of methoxy groups -OCH3 is 1.